The molecule has 1 heterocycles. The normalized spacial score (nSPS) is 21.0. The molecule has 1 aromatic rings. The number of hydrogen-bond acceptors (Lipinski definition) is 5. The van der Waals surface area contributed by atoms with Crippen LogP contribution < -0.4 is 10.6 Å². The second-order valence-corrected chi connectivity index (χ2v) is 5.44. The van der Waals surface area contributed by atoms with E-state index in [1.807, 2.05) is 0 Å². The monoisotopic (exact) mass is 308 g/mol. The molecule has 2 N–H and O–H groups in total. The number of furan rings is 1. The minimum atomic E-state index is -0.749. The fourth-order valence-corrected chi connectivity index (χ4v) is 2.49. The van der Waals surface area contributed by atoms with Crippen molar-refractivity contribution >= 4 is 17.9 Å². The molecular formula is C15H20N2O5. The van der Waals surface area contributed by atoms with Crippen molar-refractivity contribution in [2.45, 2.75) is 38.6 Å². The van der Waals surface area contributed by atoms with Crippen LogP contribution in [0.2, 0.25) is 0 Å². The van der Waals surface area contributed by atoms with Crippen molar-refractivity contribution in [1.82, 2.24) is 10.6 Å². The minimum Gasteiger partial charge on any atom is -0.457 e. The lowest BCUT2D eigenvalue weighted by Gasteiger charge is -2.29. The van der Waals surface area contributed by atoms with Crippen LogP contribution in [0.25, 0.3) is 0 Å². The molecule has 0 radical (unpaired) electrons. The maximum absolute atomic E-state index is 11.7. The molecule has 1 aliphatic rings. The summed E-state index contributed by atoms with van der Waals surface area (Å²) < 4.78 is 9.57. The van der Waals surface area contributed by atoms with Crippen LogP contribution in [0.5, 0.6) is 0 Å². The average Bonchev–Trinajstić information content (AvgIpc) is 3.01. The Morgan fingerprint density at radius 1 is 1.32 bits per heavy atom. The maximum Gasteiger partial charge on any atom is 0.374 e. The first-order valence-electron chi connectivity index (χ1n) is 7.37. The summed E-state index contributed by atoms with van der Waals surface area (Å²) in [5.74, 6) is -1.03. The number of hydrogen-bond donors (Lipinski definition) is 2. The molecule has 1 fully saturated rings. The van der Waals surface area contributed by atoms with E-state index in [1.54, 1.807) is 0 Å². The van der Waals surface area contributed by atoms with Crippen molar-refractivity contribution in [2.75, 3.05) is 6.61 Å². The first kappa shape index (κ1) is 16.1. The van der Waals surface area contributed by atoms with Crippen LogP contribution in [0.15, 0.2) is 22.8 Å². The molecular weight excluding hydrogens is 288 g/mol. The van der Waals surface area contributed by atoms with E-state index in [1.165, 1.54) is 24.8 Å². The van der Waals surface area contributed by atoms with Crippen LogP contribution in [0.4, 0.5) is 4.79 Å². The Hall–Kier alpha value is -2.31. The van der Waals surface area contributed by atoms with E-state index >= 15 is 0 Å². The highest BCUT2D eigenvalue weighted by Gasteiger charge is 2.23. The third kappa shape index (κ3) is 4.61. The molecule has 22 heavy (non-hydrogen) atoms. The zero-order valence-electron chi connectivity index (χ0n) is 12.5. The SMILES string of the molecule is C[C@H]1CCCC[C@H]1NC(=O)NC(=O)COC(=O)c1ccco1. The summed E-state index contributed by atoms with van der Waals surface area (Å²) >= 11 is 0. The summed E-state index contributed by atoms with van der Waals surface area (Å²) in [6.07, 6.45) is 5.55. The lowest BCUT2D eigenvalue weighted by molar-refractivity contribution is -0.123. The van der Waals surface area contributed by atoms with E-state index in [9.17, 15) is 14.4 Å². The quantitative estimate of drug-likeness (QED) is 0.827. The van der Waals surface area contributed by atoms with Gasteiger partial charge in [0, 0.05) is 6.04 Å². The van der Waals surface area contributed by atoms with Gasteiger partial charge in [-0.05, 0) is 30.9 Å². The van der Waals surface area contributed by atoms with Gasteiger partial charge in [0.25, 0.3) is 5.91 Å². The fourth-order valence-electron chi connectivity index (χ4n) is 2.49. The van der Waals surface area contributed by atoms with Crippen molar-refractivity contribution in [2.24, 2.45) is 5.92 Å². The number of carbonyl (C=O) groups is 3. The standard InChI is InChI=1S/C15H20N2O5/c1-10-5-2-3-6-11(10)16-15(20)17-13(18)9-22-14(19)12-7-4-8-21-12/h4,7-8,10-11H,2-3,5-6,9H2,1H3,(H2,16,17,18,20)/t10-,11+/m0/s1. The molecule has 120 valence electrons. The van der Waals surface area contributed by atoms with E-state index in [-0.39, 0.29) is 11.8 Å². The first-order valence-corrected chi connectivity index (χ1v) is 7.37. The van der Waals surface area contributed by atoms with Gasteiger partial charge in [0.05, 0.1) is 6.26 Å². The largest absolute Gasteiger partial charge is 0.457 e. The summed E-state index contributed by atoms with van der Waals surface area (Å²) in [6.45, 7) is 1.55. The average molecular weight is 308 g/mol. The van der Waals surface area contributed by atoms with Gasteiger partial charge in [-0.25, -0.2) is 9.59 Å². The Morgan fingerprint density at radius 3 is 2.77 bits per heavy atom. The molecule has 1 aromatic heterocycles. The van der Waals surface area contributed by atoms with Crippen molar-refractivity contribution < 1.29 is 23.5 Å². The van der Waals surface area contributed by atoms with E-state index in [2.05, 4.69) is 17.6 Å². The number of nitrogens with one attached hydrogen (secondary N) is 2. The van der Waals surface area contributed by atoms with Gasteiger partial charge < -0.3 is 14.5 Å². The minimum absolute atomic E-state index is 0.00767. The number of amides is 3. The van der Waals surface area contributed by atoms with Gasteiger partial charge in [-0.15, -0.1) is 0 Å². The number of ether oxygens (including phenoxy) is 1. The highest BCUT2D eigenvalue weighted by Crippen LogP contribution is 2.23. The van der Waals surface area contributed by atoms with Crippen LogP contribution >= 0.6 is 0 Å². The molecule has 1 saturated carbocycles. The molecule has 7 heteroatoms. The number of urea groups is 1. The summed E-state index contributed by atoms with van der Waals surface area (Å²) in [7, 11) is 0. The molecule has 7 nitrogen and oxygen atoms in total. The molecule has 0 aromatic carbocycles. The number of esters is 1. The van der Waals surface area contributed by atoms with E-state index < -0.39 is 24.5 Å². The molecule has 0 aliphatic heterocycles. The lowest BCUT2D eigenvalue weighted by atomic mass is 9.86. The van der Waals surface area contributed by atoms with Gasteiger partial charge in [0.15, 0.2) is 6.61 Å². The molecule has 1 aliphatic carbocycles. The van der Waals surface area contributed by atoms with E-state index in [4.69, 9.17) is 9.15 Å². The summed E-state index contributed by atoms with van der Waals surface area (Å²) in [4.78, 5) is 34.8. The van der Waals surface area contributed by atoms with Gasteiger partial charge in [0.2, 0.25) is 5.76 Å². The second kappa shape index (κ2) is 7.63. The van der Waals surface area contributed by atoms with Crippen LogP contribution in [0.3, 0.4) is 0 Å². The topological polar surface area (TPSA) is 97.6 Å². The zero-order chi connectivity index (χ0) is 15.9. The van der Waals surface area contributed by atoms with Crippen LogP contribution in [0.1, 0.15) is 43.2 Å². The van der Waals surface area contributed by atoms with Crippen molar-refractivity contribution in [3.05, 3.63) is 24.2 Å². The van der Waals surface area contributed by atoms with E-state index in [0.717, 1.165) is 19.3 Å². The smallest absolute Gasteiger partial charge is 0.374 e. The van der Waals surface area contributed by atoms with Crippen LogP contribution in [0, 0.1) is 5.92 Å². The summed E-state index contributed by atoms with van der Waals surface area (Å²) in [5.41, 5.74) is 0. The Morgan fingerprint density at radius 2 is 2.09 bits per heavy atom. The third-order valence-electron chi connectivity index (χ3n) is 3.74. The van der Waals surface area contributed by atoms with Crippen molar-refractivity contribution in [3.63, 3.8) is 0 Å². The maximum atomic E-state index is 11.7. The summed E-state index contributed by atoms with van der Waals surface area (Å²) in [5, 5.41) is 4.94. The molecule has 0 saturated heterocycles. The fraction of sp³-hybridized carbons (Fsp3) is 0.533. The Balaban J connectivity index is 1.70. The highest BCUT2D eigenvalue weighted by atomic mass is 16.5. The number of rotatable bonds is 4. The molecule has 3 amide bonds. The lowest BCUT2D eigenvalue weighted by Crippen LogP contribution is -2.48. The first-order chi connectivity index (χ1) is 10.6. The van der Waals surface area contributed by atoms with Gasteiger partial charge in [-0.3, -0.25) is 10.1 Å². The predicted octanol–water partition coefficient (Wildman–Crippen LogP) is 1.84. The Labute approximate surface area is 128 Å². The summed E-state index contributed by atoms with van der Waals surface area (Å²) in [6, 6.07) is 2.48. The Kier molecular flexibility index (Phi) is 5.57. The Bertz CT molecular complexity index is 526. The van der Waals surface area contributed by atoms with Gasteiger partial charge in [-0.2, -0.15) is 0 Å². The van der Waals surface area contributed by atoms with Crippen molar-refractivity contribution in [3.8, 4) is 0 Å². The van der Waals surface area contributed by atoms with Gasteiger partial charge in [0.1, 0.15) is 0 Å². The molecule has 0 spiro atoms. The van der Waals surface area contributed by atoms with E-state index in [0.29, 0.717) is 5.92 Å². The second-order valence-electron chi connectivity index (χ2n) is 5.44. The number of imide groups is 1. The molecule has 0 unspecified atom stereocenters. The zero-order valence-corrected chi connectivity index (χ0v) is 12.5. The van der Waals surface area contributed by atoms with Crippen molar-refractivity contribution in [1.29, 1.82) is 0 Å². The highest BCUT2D eigenvalue weighted by molar-refractivity contribution is 5.96. The molecule has 2 rings (SSSR count). The van der Waals surface area contributed by atoms with Gasteiger partial charge >= 0.3 is 12.0 Å². The third-order valence-corrected chi connectivity index (χ3v) is 3.74. The van der Waals surface area contributed by atoms with Gasteiger partial charge in [-0.1, -0.05) is 19.8 Å². The predicted molar refractivity (Wildman–Crippen MR) is 77.1 cm³/mol. The molecule has 2 atom stereocenters. The molecule has 0 bridgehead atoms. The van der Waals surface area contributed by atoms with Crippen LogP contribution in [-0.4, -0.2) is 30.6 Å². The van der Waals surface area contributed by atoms with Crippen LogP contribution in [-0.2, 0) is 9.53 Å². The number of carbonyl (C=O) groups excluding carboxylic acids is 3.